The van der Waals surface area contributed by atoms with Crippen LogP contribution in [-0.4, -0.2) is 12.0 Å². The summed E-state index contributed by atoms with van der Waals surface area (Å²) in [6, 6.07) is 14.9. The van der Waals surface area contributed by atoms with E-state index in [0.29, 0.717) is 17.0 Å². The Morgan fingerprint density at radius 1 is 1.10 bits per heavy atom. The summed E-state index contributed by atoms with van der Waals surface area (Å²) in [5.41, 5.74) is 1.35. The molecule has 0 saturated carbocycles. The van der Waals surface area contributed by atoms with E-state index in [4.69, 9.17) is 4.74 Å². The highest BCUT2D eigenvalue weighted by molar-refractivity contribution is 14.1. The van der Waals surface area contributed by atoms with Gasteiger partial charge in [-0.1, -0.05) is 24.3 Å². The Labute approximate surface area is 132 Å². The number of carbonyl (C=O) groups is 1. The van der Waals surface area contributed by atoms with Crippen molar-refractivity contribution < 1.29 is 9.53 Å². The van der Waals surface area contributed by atoms with E-state index in [0.717, 1.165) is 3.57 Å². The number of hydrogen-bond acceptors (Lipinski definition) is 2. The van der Waals surface area contributed by atoms with E-state index in [2.05, 4.69) is 27.9 Å². The van der Waals surface area contributed by atoms with Crippen LogP contribution in [0.3, 0.4) is 0 Å². The summed E-state index contributed by atoms with van der Waals surface area (Å²) in [7, 11) is 0. The molecule has 0 aliphatic rings. The number of nitrogens with one attached hydrogen (secondary N) is 1. The van der Waals surface area contributed by atoms with Gasteiger partial charge in [0.15, 0.2) is 0 Å². The summed E-state index contributed by atoms with van der Waals surface area (Å²) in [5.74, 6) is 0.552. The van der Waals surface area contributed by atoms with Crippen molar-refractivity contribution in [1.82, 2.24) is 0 Å². The van der Waals surface area contributed by atoms with Gasteiger partial charge in [-0.25, -0.2) is 0 Å². The second kappa shape index (κ2) is 6.74. The molecule has 2 rings (SSSR count). The smallest absolute Gasteiger partial charge is 0.256 e. The molecule has 104 valence electrons. The Kier molecular flexibility index (Phi) is 5.00. The first-order valence-corrected chi connectivity index (χ1v) is 7.47. The maximum absolute atomic E-state index is 12.3. The lowest BCUT2D eigenvalue weighted by Crippen LogP contribution is -2.15. The van der Waals surface area contributed by atoms with E-state index < -0.39 is 0 Å². The van der Waals surface area contributed by atoms with E-state index in [-0.39, 0.29) is 12.0 Å². The fourth-order valence-corrected chi connectivity index (χ4v) is 2.39. The molecule has 1 N–H and O–H groups in total. The second-order valence-electron chi connectivity index (χ2n) is 4.60. The molecule has 0 spiro atoms. The van der Waals surface area contributed by atoms with Gasteiger partial charge in [0.2, 0.25) is 0 Å². The molecule has 4 heteroatoms. The van der Waals surface area contributed by atoms with Crippen LogP contribution in [0.4, 0.5) is 5.69 Å². The van der Waals surface area contributed by atoms with E-state index in [1.165, 1.54) is 0 Å². The standard InChI is InChI=1S/C16H16INO2/c1-11(2)20-15-10-6-5-9-14(15)18-16(19)12-7-3-4-8-13(12)17/h3-11H,1-2H3,(H,18,19). The molecule has 0 aliphatic heterocycles. The molecule has 0 atom stereocenters. The topological polar surface area (TPSA) is 38.3 Å². The first-order chi connectivity index (χ1) is 9.58. The molecule has 0 fully saturated rings. The summed E-state index contributed by atoms with van der Waals surface area (Å²) >= 11 is 2.15. The SMILES string of the molecule is CC(C)Oc1ccccc1NC(=O)c1ccccc1I. The molecule has 0 bridgehead atoms. The highest BCUT2D eigenvalue weighted by atomic mass is 127. The Hall–Kier alpha value is -1.56. The number of benzene rings is 2. The predicted octanol–water partition coefficient (Wildman–Crippen LogP) is 4.33. The lowest BCUT2D eigenvalue weighted by Gasteiger charge is -2.15. The van der Waals surface area contributed by atoms with Gasteiger partial charge in [0.25, 0.3) is 5.91 Å². The number of anilines is 1. The first-order valence-electron chi connectivity index (χ1n) is 6.39. The molecule has 20 heavy (non-hydrogen) atoms. The van der Waals surface area contributed by atoms with E-state index >= 15 is 0 Å². The molecule has 0 radical (unpaired) electrons. The quantitative estimate of drug-likeness (QED) is 0.801. The number of rotatable bonds is 4. The van der Waals surface area contributed by atoms with Crippen LogP contribution in [0.1, 0.15) is 24.2 Å². The van der Waals surface area contributed by atoms with Crippen molar-refractivity contribution in [2.24, 2.45) is 0 Å². The van der Waals surface area contributed by atoms with Crippen molar-refractivity contribution in [2.45, 2.75) is 20.0 Å². The maximum atomic E-state index is 12.3. The van der Waals surface area contributed by atoms with Gasteiger partial charge in [0, 0.05) is 3.57 Å². The highest BCUT2D eigenvalue weighted by Gasteiger charge is 2.12. The highest BCUT2D eigenvalue weighted by Crippen LogP contribution is 2.25. The second-order valence-corrected chi connectivity index (χ2v) is 5.76. The Morgan fingerprint density at radius 2 is 1.75 bits per heavy atom. The molecule has 2 aromatic rings. The molecular weight excluding hydrogens is 365 g/mol. The fourth-order valence-electron chi connectivity index (χ4n) is 1.76. The zero-order chi connectivity index (χ0) is 14.5. The Balaban J connectivity index is 2.22. The minimum Gasteiger partial charge on any atom is -0.489 e. The average molecular weight is 381 g/mol. The van der Waals surface area contributed by atoms with Crippen LogP contribution in [0.25, 0.3) is 0 Å². The number of halogens is 1. The number of ether oxygens (including phenoxy) is 1. The monoisotopic (exact) mass is 381 g/mol. The Morgan fingerprint density at radius 3 is 2.45 bits per heavy atom. The first kappa shape index (κ1) is 14.8. The summed E-state index contributed by atoms with van der Waals surface area (Å²) in [4.78, 5) is 12.3. The number of hydrogen-bond donors (Lipinski definition) is 1. The van der Waals surface area contributed by atoms with Gasteiger partial charge in [-0.15, -0.1) is 0 Å². The Bertz CT molecular complexity index is 611. The minimum absolute atomic E-state index is 0.0601. The molecule has 0 unspecified atom stereocenters. The van der Waals surface area contributed by atoms with Gasteiger partial charge in [-0.2, -0.15) is 0 Å². The normalized spacial score (nSPS) is 10.4. The van der Waals surface area contributed by atoms with Crippen LogP contribution in [0.2, 0.25) is 0 Å². The third-order valence-corrected chi connectivity index (χ3v) is 3.56. The number of carbonyl (C=O) groups excluding carboxylic acids is 1. The molecule has 2 aromatic carbocycles. The lowest BCUT2D eigenvalue weighted by molar-refractivity contribution is 0.102. The van der Waals surface area contributed by atoms with Crippen LogP contribution in [0.5, 0.6) is 5.75 Å². The van der Waals surface area contributed by atoms with Crippen LogP contribution in [0.15, 0.2) is 48.5 Å². The van der Waals surface area contributed by atoms with Crippen LogP contribution in [0, 0.1) is 3.57 Å². The molecule has 0 heterocycles. The van der Waals surface area contributed by atoms with Gasteiger partial charge in [-0.05, 0) is 60.7 Å². The lowest BCUT2D eigenvalue weighted by atomic mass is 10.2. The molecule has 1 amide bonds. The van der Waals surface area contributed by atoms with Gasteiger partial charge in [0.1, 0.15) is 5.75 Å². The molecule has 3 nitrogen and oxygen atoms in total. The average Bonchev–Trinajstić information content (AvgIpc) is 2.41. The molecule has 0 aromatic heterocycles. The summed E-state index contributed by atoms with van der Waals surface area (Å²) in [6.45, 7) is 3.91. The van der Waals surface area contributed by atoms with E-state index in [9.17, 15) is 4.79 Å². The summed E-state index contributed by atoms with van der Waals surface area (Å²) in [5, 5.41) is 2.90. The third kappa shape index (κ3) is 3.72. The van der Waals surface area contributed by atoms with Gasteiger partial charge >= 0.3 is 0 Å². The molecule has 0 saturated heterocycles. The molecular formula is C16H16INO2. The fraction of sp³-hybridized carbons (Fsp3) is 0.188. The van der Waals surface area contributed by atoms with Crippen molar-refractivity contribution >= 4 is 34.2 Å². The van der Waals surface area contributed by atoms with Gasteiger partial charge in [0.05, 0.1) is 17.4 Å². The van der Waals surface area contributed by atoms with Gasteiger partial charge < -0.3 is 10.1 Å². The summed E-state index contributed by atoms with van der Waals surface area (Å²) in [6.07, 6.45) is 0.0601. The number of para-hydroxylation sites is 2. The third-order valence-electron chi connectivity index (χ3n) is 2.62. The van der Waals surface area contributed by atoms with Crippen molar-refractivity contribution in [2.75, 3.05) is 5.32 Å². The molecule has 0 aliphatic carbocycles. The van der Waals surface area contributed by atoms with Crippen LogP contribution in [-0.2, 0) is 0 Å². The summed E-state index contributed by atoms with van der Waals surface area (Å²) < 4.78 is 6.62. The van der Waals surface area contributed by atoms with Crippen molar-refractivity contribution in [3.8, 4) is 5.75 Å². The van der Waals surface area contributed by atoms with Gasteiger partial charge in [-0.3, -0.25) is 4.79 Å². The van der Waals surface area contributed by atoms with E-state index in [1.54, 1.807) is 0 Å². The van der Waals surface area contributed by atoms with Crippen molar-refractivity contribution in [3.05, 3.63) is 57.7 Å². The van der Waals surface area contributed by atoms with Crippen LogP contribution < -0.4 is 10.1 Å². The zero-order valence-electron chi connectivity index (χ0n) is 11.4. The van der Waals surface area contributed by atoms with E-state index in [1.807, 2.05) is 62.4 Å². The van der Waals surface area contributed by atoms with Crippen LogP contribution >= 0.6 is 22.6 Å². The maximum Gasteiger partial charge on any atom is 0.256 e. The minimum atomic E-state index is -0.130. The van der Waals surface area contributed by atoms with Crippen molar-refractivity contribution in [3.63, 3.8) is 0 Å². The zero-order valence-corrected chi connectivity index (χ0v) is 13.5. The van der Waals surface area contributed by atoms with Crippen molar-refractivity contribution in [1.29, 1.82) is 0 Å². The number of amides is 1. The predicted molar refractivity (Wildman–Crippen MR) is 89.3 cm³/mol. The largest absolute Gasteiger partial charge is 0.489 e.